The third kappa shape index (κ3) is 407. The summed E-state index contributed by atoms with van der Waals surface area (Å²) in [4.78, 5) is 35.5. The monoisotopic (exact) mass is 2180 g/mol. The molecule has 0 aromatic rings. The third-order valence-electron chi connectivity index (χ3n) is 10.1. The third-order valence-corrected chi connectivity index (χ3v) is 16.0. The molecule has 908 valence electrons. The van der Waals surface area contributed by atoms with Crippen molar-refractivity contribution in [1.29, 1.82) is 0 Å². The predicted octanol–water partition coefficient (Wildman–Crippen LogP) is 36.0. The van der Waals surface area contributed by atoms with Gasteiger partial charge in [-0.25, -0.2) is 13.1 Å². The molecule has 0 radical (unpaired) electrons. The Morgan fingerprint density at radius 3 is 0.755 bits per heavy atom. The van der Waals surface area contributed by atoms with Gasteiger partial charge in [0.1, 0.15) is 26.6 Å². The first-order valence-corrected chi connectivity index (χ1v) is 66.1. The van der Waals surface area contributed by atoms with Crippen LogP contribution in [0.15, 0.2) is 25.2 Å². The van der Waals surface area contributed by atoms with Crippen LogP contribution >= 0.6 is 47.0 Å². The molecule has 16 aliphatic heterocycles. The zero-order chi connectivity index (χ0) is 121. The molecule has 0 aromatic carbocycles. The molecule has 24 nitrogen and oxygen atoms in total. The fourth-order valence-electron chi connectivity index (χ4n) is 5.03. The second kappa shape index (κ2) is 403. The number of hydrogen-bond acceptors (Lipinski definition) is 26. The normalized spacial score (nSPS) is 13.8. The molecule has 1 amide bonds. The van der Waals surface area contributed by atoms with Crippen LogP contribution in [-0.4, -0.2) is 249 Å². The molecule has 0 bridgehead atoms. The molecule has 143 heavy (non-hydrogen) atoms. The summed E-state index contributed by atoms with van der Waals surface area (Å²) in [6, 6.07) is 0. The van der Waals surface area contributed by atoms with Crippen molar-refractivity contribution in [2.24, 2.45) is 25.2 Å². The standard InChI is InChI=1S/C4H9N.C4H8O.C4H8S.2C3H6N2.C3H7NO.3C3H5NO.C3H5NS.C3H7N.C3H6O2.C3H4O2.C3H6O.C3H6S2.C2H5NO2S.32C2H6/c3*1-2-4-5-3-1;1-2-5-3-4-1;1-2-4-5-3-1;2*1-2-5-3-4-1;1-2-4-5-3-1;5-3-1-2-4-3;1-2-5-3-4-1;1-2-4-3-1;1-2-5-3-4-1;4-3-1-2-5-3;1-2-4-3-1;1-2-5-3-4-1;4-6(5)2-1-3-6;32*1-2/h5H,1-4H2;2*1-4H2;3H,1-2H2,(H,4,5);2,5H,1,3H2;4H,1-3H2;3H,1-2H2;2H,1,3H2;1-2H2,(H,4,5);3H,1-2H2;4H,1-3H2;1-3H2;1-2H2;1-3H2;1-3H2;3H,1-2H2;32*1-2H3. The van der Waals surface area contributed by atoms with Gasteiger partial charge in [-0.3, -0.25) is 29.9 Å². The lowest BCUT2D eigenvalue weighted by Crippen LogP contribution is -2.42. The lowest BCUT2D eigenvalue weighted by Gasteiger charge is -2.12. The van der Waals surface area contributed by atoms with E-state index in [1.807, 2.05) is 478 Å². The number of esters is 1. The van der Waals surface area contributed by atoms with Crippen LogP contribution in [0.25, 0.3) is 0 Å². The van der Waals surface area contributed by atoms with Crippen molar-refractivity contribution < 1.29 is 56.0 Å². The van der Waals surface area contributed by atoms with Crippen molar-refractivity contribution in [3.05, 3.63) is 0 Å². The van der Waals surface area contributed by atoms with Crippen molar-refractivity contribution in [1.82, 2.24) is 36.7 Å². The minimum Gasteiger partial charge on any atom is -0.482 e. The van der Waals surface area contributed by atoms with Crippen molar-refractivity contribution in [2.45, 2.75) is 520 Å². The predicted molar refractivity (Wildman–Crippen MR) is 692 cm³/mol. The van der Waals surface area contributed by atoms with Crippen molar-refractivity contribution >= 4 is 99.7 Å². The number of cyclic esters (lactones) is 1. The van der Waals surface area contributed by atoms with Crippen molar-refractivity contribution in [2.75, 3.05) is 198 Å². The molecule has 16 rings (SSSR count). The van der Waals surface area contributed by atoms with Gasteiger partial charge >= 0.3 is 5.97 Å². The average Bonchev–Trinajstić information content (AvgIpc) is 1.66. The van der Waals surface area contributed by atoms with Gasteiger partial charge in [0.05, 0.1) is 63.7 Å². The number of nitrogens with zero attached hydrogens (tertiary/aromatic N) is 5. The highest BCUT2D eigenvalue weighted by molar-refractivity contribution is 8.19. The minimum atomic E-state index is -2.73. The summed E-state index contributed by atoms with van der Waals surface area (Å²) in [7, 11) is -2.73. The summed E-state index contributed by atoms with van der Waals surface area (Å²) in [6.45, 7) is 150. The summed E-state index contributed by atoms with van der Waals surface area (Å²) in [6.07, 6.45) is 21.2. The van der Waals surface area contributed by atoms with Crippen LogP contribution in [0, 0.1) is 0 Å². The first kappa shape index (κ1) is 232. The van der Waals surface area contributed by atoms with E-state index in [1.54, 1.807) is 24.3 Å². The van der Waals surface area contributed by atoms with Crippen LogP contribution in [0.5, 0.6) is 0 Å². The van der Waals surface area contributed by atoms with E-state index in [-0.39, 0.29) is 11.9 Å². The van der Waals surface area contributed by atoms with Gasteiger partial charge in [0, 0.05) is 120 Å². The number of thioether (sulfide) groups is 4. The Morgan fingerprint density at radius 1 is 0.315 bits per heavy atom. The molecule has 0 aromatic heterocycles. The Bertz CT molecular complexity index is 1320. The number of carbonyl (C=O) groups is 2. The van der Waals surface area contributed by atoms with Gasteiger partial charge in [-0.1, -0.05) is 448 Å². The zero-order valence-electron chi connectivity index (χ0n) is 111. The molecule has 0 unspecified atom stereocenters. The van der Waals surface area contributed by atoms with Crippen LogP contribution in [-0.2, 0) is 57.6 Å². The number of rotatable bonds is 0. The molecule has 0 aliphatic carbocycles. The van der Waals surface area contributed by atoms with Gasteiger partial charge in [0.2, 0.25) is 15.9 Å². The smallest absolute Gasteiger partial charge is 0.309 e. The van der Waals surface area contributed by atoms with E-state index in [1.165, 1.54) is 118 Å². The van der Waals surface area contributed by atoms with Gasteiger partial charge in [0.15, 0.2) is 6.40 Å². The maximum absolute atomic E-state index is 9.98. The fourth-order valence-corrected chi connectivity index (χ4v) is 9.48. The molecule has 16 heterocycles. The molecular weight excluding hydrogens is 1890 g/mol. The van der Waals surface area contributed by atoms with Crippen LogP contribution < -0.4 is 36.7 Å². The van der Waals surface area contributed by atoms with Gasteiger partial charge in [-0.05, 0) is 89.1 Å². The molecule has 11 saturated heterocycles. The first-order chi connectivity index (χ1) is 71.0. The molecule has 0 atom stereocenters. The number of ether oxygens (including phenoxy) is 7. The van der Waals surface area contributed by atoms with Crippen molar-refractivity contribution in [3.63, 3.8) is 0 Å². The Labute approximate surface area is 929 Å². The molecule has 29 heteroatoms. The Kier molecular flexibility index (Phi) is 654. The number of hydrogen-bond donors (Lipinski definition) is 7. The van der Waals surface area contributed by atoms with Gasteiger partial charge in [0.25, 0.3) is 0 Å². The first-order valence-electron chi connectivity index (χ1n) is 59.9. The van der Waals surface area contributed by atoms with Crippen LogP contribution in [0.2, 0.25) is 0 Å². The van der Waals surface area contributed by atoms with Crippen LogP contribution in [0.4, 0.5) is 0 Å². The van der Waals surface area contributed by atoms with E-state index in [2.05, 4.69) is 88.0 Å². The second-order valence-electron chi connectivity index (χ2n) is 17.0. The SMILES string of the molecule is C1=NCCN1.C1=NCCO1.C1=NCCS1.C1=NNCC1.C1=NOCC1.C1CCNC1.C1CCOC1.C1CCSC1.C1CNC1.C1COC1.C1COCN1.C1COCO1.C1CSCS1.CC.CC.CC.CC.CC.CC.CC.CC.CC.CC.CC.CC.CC.CC.CC.CC.CC.CC.CC.CC.CC.CC.CC.CC.CC.CC.CC.CC.CC.CC.CC.CC.O=C1CCN1.O=C1CCO1.O=S1(=O)CCN1. The number of oxime groups is 1. The van der Waals surface area contributed by atoms with Gasteiger partial charge in [-0.15, -0.1) is 11.8 Å². The molecule has 11 fully saturated rings. The quantitative estimate of drug-likeness (QED) is 0.0876. The highest BCUT2D eigenvalue weighted by Crippen LogP contribution is 2.20. The Hall–Kier alpha value is -2.52. The number of hydrazone groups is 1. The summed E-state index contributed by atoms with van der Waals surface area (Å²) in [5, 5.41) is 23.3. The fraction of sp³-hybridized carbons (Fsp3) is 0.939. The summed E-state index contributed by atoms with van der Waals surface area (Å²) in [5.41, 5.74) is 4.69. The van der Waals surface area contributed by atoms with Crippen LogP contribution in [0.3, 0.4) is 0 Å². The topological polar surface area (TPSA) is 288 Å². The Balaban J connectivity index is -0.0000000296. The lowest BCUT2D eigenvalue weighted by atomic mass is 10.3. The summed E-state index contributed by atoms with van der Waals surface area (Å²) < 4.78 is 55.1. The number of β-lactam (4-membered cyclic amide) rings is 1. The minimum absolute atomic E-state index is 0.0648. The average molecular weight is 2180 g/mol. The molecule has 0 saturated carbocycles. The Morgan fingerprint density at radius 2 is 0.678 bits per heavy atom. The summed E-state index contributed by atoms with van der Waals surface area (Å²) >= 11 is 7.93. The number of amides is 1. The lowest BCUT2D eigenvalue weighted by molar-refractivity contribution is -0.157. The second-order valence-corrected chi connectivity index (χ2v) is 23.7. The van der Waals surface area contributed by atoms with Crippen LogP contribution in [0.1, 0.15) is 520 Å². The highest BCUT2D eigenvalue weighted by Gasteiger charge is 2.18. The molecule has 0 spiro atoms. The maximum Gasteiger partial charge on any atom is 0.309 e. The largest absolute Gasteiger partial charge is 0.482 e. The van der Waals surface area contributed by atoms with E-state index < -0.39 is 10.0 Å². The van der Waals surface area contributed by atoms with Gasteiger partial charge < -0.3 is 64.7 Å². The molecular formula is C114H290N12O12S5. The molecule has 16 aliphatic rings. The van der Waals surface area contributed by atoms with E-state index >= 15 is 0 Å². The summed E-state index contributed by atoms with van der Waals surface area (Å²) in [5.74, 6) is 7.22. The zero-order valence-corrected chi connectivity index (χ0v) is 115. The molecule has 7 N–H and O–H groups in total. The van der Waals surface area contributed by atoms with E-state index in [9.17, 15) is 18.0 Å². The van der Waals surface area contributed by atoms with Crippen molar-refractivity contribution in [3.8, 4) is 0 Å². The van der Waals surface area contributed by atoms with E-state index in [0.717, 1.165) is 131 Å². The highest BCUT2D eigenvalue weighted by atomic mass is 32.2. The number of sulfonamides is 1. The van der Waals surface area contributed by atoms with E-state index in [4.69, 9.17) is 23.7 Å². The number of carbonyl (C=O) groups excluding carboxylic acids is 2. The number of nitrogens with one attached hydrogen (secondary N) is 7. The van der Waals surface area contributed by atoms with E-state index in [0.29, 0.717) is 32.1 Å². The van der Waals surface area contributed by atoms with Gasteiger partial charge in [-0.2, -0.15) is 40.4 Å². The maximum atomic E-state index is 9.98. The number of aliphatic imine (C=N–C) groups is 3.